The maximum Gasteiger partial charge on any atom is 0.323 e. The molecule has 3 heterocycles. The van der Waals surface area contributed by atoms with E-state index in [0.717, 1.165) is 35.5 Å². The zero-order valence-corrected chi connectivity index (χ0v) is 13.4. The first-order valence-corrected chi connectivity index (χ1v) is 8.20. The Morgan fingerprint density at radius 2 is 1.76 bits per heavy atom. The number of carbonyl (C=O) groups excluding carboxylic acids is 1. The van der Waals surface area contributed by atoms with Crippen LogP contribution in [-0.4, -0.2) is 26.0 Å². The molecule has 0 radical (unpaired) electrons. The van der Waals surface area contributed by atoms with Crippen molar-refractivity contribution in [1.82, 2.24) is 0 Å². The van der Waals surface area contributed by atoms with Crippen LogP contribution in [-0.2, 0) is 12.8 Å². The van der Waals surface area contributed by atoms with E-state index in [-0.39, 0.29) is 12.8 Å². The number of anilines is 2. The largest absolute Gasteiger partial charge is 0.493 e. The smallest absolute Gasteiger partial charge is 0.323 e. The Morgan fingerprint density at radius 1 is 0.880 bits per heavy atom. The highest BCUT2D eigenvalue weighted by Crippen LogP contribution is 2.44. The number of rotatable bonds is 2. The normalized spacial score (nSPS) is 15.8. The summed E-state index contributed by atoms with van der Waals surface area (Å²) in [5.41, 5.74) is 3.39. The molecule has 0 bridgehead atoms. The molecule has 0 spiro atoms. The summed E-state index contributed by atoms with van der Waals surface area (Å²) >= 11 is 0. The van der Waals surface area contributed by atoms with Crippen molar-refractivity contribution < 1.29 is 23.7 Å². The van der Waals surface area contributed by atoms with Gasteiger partial charge in [-0.2, -0.15) is 0 Å². The fourth-order valence-corrected chi connectivity index (χ4v) is 3.37. The Kier molecular flexibility index (Phi) is 3.12. The molecular weight excluding hydrogens is 324 g/mol. The Labute approximate surface area is 143 Å². The topological polar surface area (TPSA) is 78.1 Å². The highest BCUT2D eigenvalue weighted by atomic mass is 16.7. The van der Waals surface area contributed by atoms with Gasteiger partial charge in [0.05, 0.1) is 18.9 Å². The van der Waals surface area contributed by atoms with Crippen LogP contribution < -0.4 is 29.6 Å². The van der Waals surface area contributed by atoms with Crippen LogP contribution in [0.25, 0.3) is 0 Å². The van der Waals surface area contributed by atoms with Gasteiger partial charge >= 0.3 is 6.03 Å². The Hall–Kier alpha value is -3.09. The van der Waals surface area contributed by atoms with Crippen molar-refractivity contribution in [2.45, 2.75) is 12.8 Å². The summed E-state index contributed by atoms with van der Waals surface area (Å²) in [6.07, 6.45) is 1.58. The van der Waals surface area contributed by atoms with E-state index in [2.05, 4.69) is 10.6 Å². The Bertz CT molecular complexity index is 848. The third-order valence-corrected chi connectivity index (χ3v) is 4.52. The fourth-order valence-electron chi connectivity index (χ4n) is 3.37. The van der Waals surface area contributed by atoms with E-state index < -0.39 is 0 Å². The molecule has 3 aliphatic rings. The van der Waals surface area contributed by atoms with Crippen molar-refractivity contribution in [3.8, 4) is 23.0 Å². The number of hydrogen-bond donors (Lipinski definition) is 2. The van der Waals surface area contributed by atoms with E-state index in [4.69, 9.17) is 18.9 Å². The summed E-state index contributed by atoms with van der Waals surface area (Å²) < 4.78 is 22.0. The second-order valence-electron chi connectivity index (χ2n) is 6.06. The summed E-state index contributed by atoms with van der Waals surface area (Å²) in [5.74, 6) is 2.89. The van der Waals surface area contributed by atoms with E-state index in [1.807, 2.05) is 6.07 Å². The molecule has 2 amide bonds. The molecule has 5 rings (SSSR count). The van der Waals surface area contributed by atoms with Crippen molar-refractivity contribution in [3.63, 3.8) is 0 Å². The Balaban J connectivity index is 1.40. The predicted molar refractivity (Wildman–Crippen MR) is 90.0 cm³/mol. The van der Waals surface area contributed by atoms with Crippen molar-refractivity contribution in [2.75, 3.05) is 30.6 Å². The van der Waals surface area contributed by atoms with Crippen molar-refractivity contribution in [1.29, 1.82) is 0 Å². The second-order valence-corrected chi connectivity index (χ2v) is 6.06. The number of nitrogens with one attached hydrogen (secondary N) is 2. The number of fused-ring (bicyclic) bond motifs is 3. The van der Waals surface area contributed by atoms with Crippen LogP contribution >= 0.6 is 0 Å². The quantitative estimate of drug-likeness (QED) is 0.879. The maximum absolute atomic E-state index is 12.5. The standard InChI is InChI=1S/C18H16N2O5/c21-18(19-11-1-2-13-15(8-11)25-9-24-13)20-16-12-4-6-22-14(12)7-10-3-5-23-17(10)16/h1-2,7-8H,3-6,9H2,(H2,19,20,21). The fraction of sp³-hybridized carbons (Fsp3) is 0.278. The SMILES string of the molecule is O=C(Nc1ccc2c(c1)OCO2)Nc1c2c(cc3c1OCC3)OCC2. The van der Waals surface area contributed by atoms with Crippen LogP contribution in [0.4, 0.5) is 16.2 Å². The average molecular weight is 340 g/mol. The van der Waals surface area contributed by atoms with Crippen LogP contribution in [0, 0.1) is 0 Å². The van der Waals surface area contributed by atoms with Gasteiger partial charge in [0.1, 0.15) is 11.5 Å². The third kappa shape index (κ3) is 2.39. The number of hydrogen-bond acceptors (Lipinski definition) is 5. The lowest BCUT2D eigenvalue weighted by Crippen LogP contribution is -2.20. The number of ether oxygens (including phenoxy) is 4. The first-order chi connectivity index (χ1) is 12.3. The van der Waals surface area contributed by atoms with E-state index in [0.29, 0.717) is 36.1 Å². The van der Waals surface area contributed by atoms with E-state index in [1.165, 1.54) is 0 Å². The van der Waals surface area contributed by atoms with Gasteiger partial charge in [0, 0.05) is 35.7 Å². The van der Waals surface area contributed by atoms with Gasteiger partial charge in [-0.25, -0.2) is 4.79 Å². The second kappa shape index (κ2) is 5.47. The molecule has 0 aliphatic carbocycles. The zero-order chi connectivity index (χ0) is 16.8. The van der Waals surface area contributed by atoms with Gasteiger partial charge in [-0.3, -0.25) is 0 Å². The van der Waals surface area contributed by atoms with E-state index in [1.54, 1.807) is 18.2 Å². The monoisotopic (exact) mass is 340 g/mol. The van der Waals surface area contributed by atoms with Gasteiger partial charge in [-0.1, -0.05) is 0 Å². The first kappa shape index (κ1) is 14.3. The number of carbonyl (C=O) groups is 1. The molecule has 0 unspecified atom stereocenters. The lowest BCUT2D eigenvalue weighted by Gasteiger charge is -2.14. The van der Waals surface area contributed by atoms with Gasteiger partial charge in [0.15, 0.2) is 11.5 Å². The van der Waals surface area contributed by atoms with Gasteiger partial charge in [-0.05, 0) is 18.2 Å². The molecule has 0 atom stereocenters. The minimum Gasteiger partial charge on any atom is -0.493 e. The van der Waals surface area contributed by atoms with Gasteiger partial charge in [0.25, 0.3) is 0 Å². The Morgan fingerprint density at radius 3 is 2.72 bits per heavy atom. The first-order valence-electron chi connectivity index (χ1n) is 8.20. The number of benzene rings is 2. The summed E-state index contributed by atoms with van der Waals surface area (Å²) in [4.78, 5) is 12.5. The summed E-state index contributed by atoms with van der Waals surface area (Å²) in [6.45, 7) is 1.44. The van der Waals surface area contributed by atoms with E-state index in [9.17, 15) is 4.79 Å². The molecule has 0 fully saturated rings. The molecule has 0 saturated heterocycles. The third-order valence-electron chi connectivity index (χ3n) is 4.52. The molecular formula is C18H16N2O5. The molecule has 2 N–H and O–H groups in total. The molecule has 0 saturated carbocycles. The highest BCUT2D eigenvalue weighted by Gasteiger charge is 2.27. The van der Waals surface area contributed by atoms with Gasteiger partial charge in [0.2, 0.25) is 6.79 Å². The molecule has 25 heavy (non-hydrogen) atoms. The lowest BCUT2D eigenvalue weighted by atomic mass is 10.0. The van der Waals surface area contributed by atoms with Crippen molar-refractivity contribution >= 4 is 17.4 Å². The van der Waals surface area contributed by atoms with Crippen molar-refractivity contribution in [3.05, 3.63) is 35.4 Å². The molecule has 3 aliphatic heterocycles. The summed E-state index contributed by atoms with van der Waals surface area (Å²) in [6, 6.07) is 6.96. The van der Waals surface area contributed by atoms with Gasteiger partial charge < -0.3 is 29.6 Å². The van der Waals surface area contributed by atoms with Crippen LogP contribution in [0.5, 0.6) is 23.0 Å². The number of amides is 2. The lowest BCUT2D eigenvalue weighted by molar-refractivity contribution is 0.174. The molecule has 0 aromatic heterocycles. The minimum absolute atomic E-state index is 0.199. The maximum atomic E-state index is 12.5. The van der Waals surface area contributed by atoms with Crippen LogP contribution in [0.1, 0.15) is 11.1 Å². The van der Waals surface area contributed by atoms with Crippen LogP contribution in [0.2, 0.25) is 0 Å². The molecule has 7 nitrogen and oxygen atoms in total. The van der Waals surface area contributed by atoms with E-state index >= 15 is 0 Å². The summed E-state index contributed by atoms with van der Waals surface area (Å²) in [7, 11) is 0. The molecule has 2 aromatic rings. The minimum atomic E-state index is -0.336. The van der Waals surface area contributed by atoms with Crippen LogP contribution in [0.3, 0.4) is 0 Å². The predicted octanol–water partition coefficient (Wildman–Crippen LogP) is 2.93. The number of urea groups is 1. The average Bonchev–Trinajstić information content (AvgIpc) is 3.33. The molecule has 128 valence electrons. The molecule has 2 aromatic carbocycles. The molecule has 7 heteroatoms. The van der Waals surface area contributed by atoms with Crippen LogP contribution in [0.15, 0.2) is 24.3 Å². The highest BCUT2D eigenvalue weighted by molar-refractivity contribution is 6.02. The zero-order valence-electron chi connectivity index (χ0n) is 13.4. The van der Waals surface area contributed by atoms with Crippen molar-refractivity contribution in [2.24, 2.45) is 0 Å². The summed E-state index contributed by atoms with van der Waals surface area (Å²) in [5, 5.41) is 5.75. The van der Waals surface area contributed by atoms with Gasteiger partial charge in [-0.15, -0.1) is 0 Å².